The minimum Gasteiger partial charge on any atom is -0.396 e. The molecule has 4 nitrogen and oxygen atoms in total. The topological polar surface area (TPSA) is 61.4 Å². The molecular formula is C17H25F3N2O2. The molecule has 0 spiro atoms. The molecule has 1 rings (SSSR count). The van der Waals surface area contributed by atoms with Gasteiger partial charge in [0.1, 0.15) is 0 Å². The second kappa shape index (κ2) is 9.52. The van der Waals surface area contributed by atoms with Crippen LogP contribution in [0.25, 0.3) is 0 Å². The van der Waals surface area contributed by atoms with Crippen LogP contribution in [0.4, 0.5) is 23.7 Å². The molecule has 0 aliphatic carbocycles. The van der Waals surface area contributed by atoms with Crippen LogP contribution in [-0.2, 0) is 6.42 Å². The number of carbonyl (C=O) groups excluding carboxylic acids is 1. The first-order valence-electron chi connectivity index (χ1n) is 8.01. The number of anilines is 1. The van der Waals surface area contributed by atoms with Crippen molar-refractivity contribution in [2.75, 3.05) is 18.5 Å². The van der Waals surface area contributed by atoms with Crippen LogP contribution in [0.2, 0.25) is 0 Å². The van der Waals surface area contributed by atoms with E-state index in [-0.39, 0.29) is 18.1 Å². The molecule has 1 aromatic carbocycles. The fraction of sp³-hybridized carbons (Fsp3) is 0.588. The molecule has 136 valence electrons. The fourth-order valence-corrected chi connectivity index (χ4v) is 2.56. The van der Waals surface area contributed by atoms with E-state index in [4.69, 9.17) is 5.11 Å². The molecule has 0 saturated heterocycles. The molecule has 3 N–H and O–H groups in total. The number of alkyl halides is 3. The lowest BCUT2D eigenvalue weighted by Gasteiger charge is -2.19. The van der Waals surface area contributed by atoms with Crippen LogP contribution in [0.1, 0.15) is 32.3 Å². The molecule has 0 aliphatic rings. The molecule has 1 unspecified atom stereocenters. The number of hydrogen-bond donors (Lipinski definition) is 3. The average molecular weight is 346 g/mol. The van der Waals surface area contributed by atoms with Crippen molar-refractivity contribution in [3.8, 4) is 0 Å². The van der Waals surface area contributed by atoms with Crippen molar-refractivity contribution in [1.82, 2.24) is 5.32 Å². The molecule has 0 heterocycles. The first kappa shape index (κ1) is 20.3. The highest BCUT2D eigenvalue weighted by atomic mass is 19.4. The molecule has 0 bridgehead atoms. The summed E-state index contributed by atoms with van der Waals surface area (Å²) in [5, 5.41) is 14.3. The van der Waals surface area contributed by atoms with Gasteiger partial charge in [0, 0.05) is 18.8 Å². The zero-order valence-corrected chi connectivity index (χ0v) is 14.0. The Balaban J connectivity index is 2.53. The largest absolute Gasteiger partial charge is 0.396 e. The van der Waals surface area contributed by atoms with Gasteiger partial charge in [-0.3, -0.25) is 0 Å². The van der Waals surface area contributed by atoms with Gasteiger partial charge in [0.15, 0.2) is 0 Å². The Morgan fingerprint density at radius 2 is 2.00 bits per heavy atom. The Bertz CT molecular complexity index is 519. The lowest BCUT2D eigenvalue weighted by molar-refractivity contribution is -0.127. The van der Waals surface area contributed by atoms with E-state index in [1.54, 1.807) is 6.07 Å². The Labute approximate surface area is 140 Å². The average Bonchev–Trinajstić information content (AvgIpc) is 2.43. The van der Waals surface area contributed by atoms with Gasteiger partial charge in [-0.25, -0.2) is 4.79 Å². The van der Waals surface area contributed by atoms with E-state index in [1.807, 2.05) is 0 Å². The molecule has 1 aromatic rings. The summed E-state index contributed by atoms with van der Waals surface area (Å²) in [6.45, 7) is 4.60. The summed E-state index contributed by atoms with van der Waals surface area (Å²) >= 11 is 0. The van der Waals surface area contributed by atoms with Crippen LogP contribution in [0.15, 0.2) is 24.3 Å². The van der Waals surface area contributed by atoms with Crippen molar-refractivity contribution < 1.29 is 23.1 Å². The van der Waals surface area contributed by atoms with Crippen LogP contribution in [0, 0.1) is 11.8 Å². The van der Waals surface area contributed by atoms with Gasteiger partial charge in [-0.15, -0.1) is 0 Å². The predicted molar refractivity (Wildman–Crippen MR) is 87.9 cm³/mol. The zero-order chi connectivity index (χ0) is 18.2. The number of benzene rings is 1. The van der Waals surface area contributed by atoms with Crippen molar-refractivity contribution in [1.29, 1.82) is 0 Å². The number of halogens is 3. The van der Waals surface area contributed by atoms with E-state index >= 15 is 0 Å². The normalized spacial score (nSPS) is 13.0. The SMILES string of the molecule is CC(C)CC(CCO)CNC(=O)Nc1cccc(CC(F)(F)F)c1. The second-order valence-electron chi connectivity index (χ2n) is 6.34. The van der Waals surface area contributed by atoms with E-state index in [0.29, 0.717) is 24.6 Å². The molecule has 0 saturated carbocycles. The number of hydrogen-bond acceptors (Lipinski definition) is 2. The lowest BCUT2D eigenvalue weighted by atomic mass is 9.94. The molecule has 0 aromatic heterocycles. The molecule has 1 atom stereocenters. The van der Waals surface area contributed by atoms with Crippen molar-refractivity contribution >= 4 is 11.7 Å². The monoisotopic (exact) mass is 346 g/mol. The number of aliphatic hydroxyl groups excluding tert-OH is 1. The second-order valence-corrected chi connectivity index (χ2v) is 6.34. The van der Waals surface area contributed by atoms with Crippen molar-refractivity contribution in [2.24, 2.45) is 11.8 Å². The summed E-state index contributed by atoms with van der Waals surface area (Å²) in [5.74, 6) is 0.614. The minimum atomic E-state index is -4.28. The molecule has 2 amide bonds. The van der Waals surface area contributed by atoms with Gasteiger partial charge in [0.2, 0.25) is 0 Å². The third-order valence-electron chi connectivity index (χ3n) is 3.48. The number of rotatable bonds is 8. The van der Waals surface area contributed by atoms with Crippen LogP contribution in [0.3, 0.4) is 0 Å². The maximum atomic E-state index is 12.4. The summed E-state index contributed by atoms with van der Waals surface area (Å²) in [6, 6.07) is 5.23. The van der Waals surface area contributed by atoms with Gasteiger partial charge in [0.05, 0.1) is 6.42 Å². The predicted octanol–water partition coefficient (Wildman–Crippen LogP) is 3.96. The third kappa shape index (κ3) is 8.76. The van der Waals surface area contributed by atoms with E-state index < -0.39 is 18.6 Å². The van der Waals surface area contributed by atoms with Crippen LogP contribution < -0.4 is 10.6 Å². The molecule has 7 heteroatoms. The third-order valence-corrected chi connectivity index (χ3v) is 3.48. The summed E-state index contributed by atoms with van der Waals surface area (Å²) in [4.78, 5) is 11.9. The smallest absolute Gasteiger partial charge is 0.393 e. The quantitative estimate of drug-likeness (QED) is 0.667. The Morgan fingerprint density at radius 3 is 2.58 bits per heavy atom. The number of carbonyl (C=O) groups is 1. The molecule has 24 heavy (non-hydrogen) atoms. The van der Waals surface area contributed by atoms with Gasteiger partial charge in [-0.1, -0.05) is 26.0 Å². The fourth-order valence-electron chi connectivity index (χ4n) is 2.56. The van der Waals surface area contributed by atoms with E-state index in [0.717, 1.165) is 6.42 Å². The Morgan fingerprint density at radius 1 is 1.29 bits per heavy atom. The van der Waals surface area contributed by atoms with Crippen LogP contribution in [-0.4, -0.2) is 30.5 Å². The van der Waals surface area contributed by atoms with Gasteiger partial charge >= 0.3 is 12.2 Å². The highest BCUT2D eigenvalue weighted by Crippen LogP contribution is 2.23. The summed E-state index contributed by atoms with van der Waals surface area (Å²) in [6.07, 6.45) is -3.84. The van der Waals surface area contributed by atoms with Gasteiger partial charge in [-0.2, -0.15) is 13.2 Å². The summed E-state index contributed by atoms with van der Waals surface area (Å²) < 4.78 is 37.2. The van der Waals surface area contributed by atoms with E-state index in [1.165, 1.54) is 18.2 Å². The van der Waals surface area contributed by atoms with Gasteiger partial charge in [0.25, 0.3) is 0 Å². The lowest BCUT2D eigenvalue weighted by Crippen LogP contribution is -2.33. The summed E-state index contributed by atoms with van der Waals surface area (Å²) in [7, 11) is 0. The van der Waals surface area contributed by atoms with E-state index in [2.05, 4.69) is 24.5 Å². The minimum absolute atomic E-state index is 0.0557. The number of nitrogens with one attached hydrogen (secondary N) is 2. The highest BCUT2D eigenvalue weighted by molar-refractivity contribution is 5.89. The molecule has 0 aliphatic heterocycles. The molecular weight excluding hydrogens is 321 g/mol. The standard InChI is InChI=1S/C17H25F3N2O2/c1-12(2)8-14(6-7-23)11-21-16(24)22-15-5-3-4-13(9-15)10-17(18,19)20/h3-5,9,12,14,23H,6-8,10-11H2,1-2H3,(H2,21,22,24). The van der Waals surface area contributed by atoms with Gasteiger partial charge < -0.3 is 15.7 Å². The van der Waals surface area contributed by atoms with Crippen molar-refractivity contribution in [3.63, 3.8) is 0 Å². The maximum absolute atomic E-state index is 12.4. The number of aliphatic hydroxyl groups is 1. The maximum Gasteiger partial charge on any atom is 0.393 e. The Kier molecular flexibility index (Phi) is 8.04. The summed E-state index contributed by atoms with van der Waals surface area (Å²) in [5.41, 5.74) is 0.412. The number of urea groups is 1. The highest BCUT2D eigenvalue weighted by Gasteiger charge is 2.27. The van der Waals surface area contributed by atoms with Crippen molar-refractivity contribution in [2.45, 2.75) is 39.3 Å². The first-order chi connectivity index (χ1) is 11.2. The zero-order valence-electron chi connectivity index (χ0n) is 14.0. The van der Waals surface area contributed by atoms with E-state index in [9.17, 15) is 18.0 Å². The molecule has 0 radical (unpaired) electrons. The van der Waals surface area contributed by atoms with Crippen LogP contribution in [0.5, 0.6) is 0 Å². The van der Waals surface area contributed by atoms with Crippen LogP contribution >= 0.6 is 0 Å². The number of amides is 2. The first-order valence-corrected chi connectivity index (χ1v) is 8.01. The van der Waals surface area contributed by atoms with Crippen molar-refractivity contribution in [3.05, 3.63) is 29.8 Å². The van der Waals surface area contributed by atoms with Gasteiger partial charge in [-0.05, 0) is 42.4 Å². The Hall–Kier alpha value is -1.76. The molecule has 0 fully saturated rings.